The number of likely N-dealkylation sites (tertiary alicyclic amines) is 1. The molecule has 4 nitrogen and oxygen atoms in total. The summed E-state index contributed by atoms with van der Waals surface area (Å²) in [7, 11) is 0. The molecule has 0 aromatic carbocycles. The Hall–Kier alpha value is -1.62. The predicted octanol–water partition coefficient (Wildman–Crippen LogP) is 3.74. The molecule has 0 bridgehead atoms. The van der Waals surface area contributed by atoms with Crippen molar-refractivity contribution < 1.29 is 4.79 Å². The maximum atomic E-state index is 13.3. The van der Waals surface area contributed by atoms with Crippen LogP contribution in [0.3, 0.4) is 0 Å². The van der Waals surface area contributed by atoms with Gasteiger partial charge in [0.2, 0.25) is 5.91 Å². The van der Waals surface area contributed by atoms with Crippen LogP contribution in [0.25, 0.3) is 0 Å². The van der Waals surface area contributed by atoms with Crippen LogP contribution in [-0.4, -0.2) is 33.2 Å². The second kappa shape index (κ2) is 6.71. The van der Waals surface area contributed by atoms with Gasteiger partial charge in [-0.05, 0) is 62.5 Å². The van der Waals surface area contributed by atoms with Gasteiger partial charge in [0.1, 0.15) is 0 Å². The SMILES string of the molecule is O=C(N1CCCC[C@H]1CCc1cccs1)C1(Cn2cccn2)CC1. The van der Waals surface area contributed by atoms with Crippen molar-refractivity contribution in [1.82, 2.24) is 14.7 Å². The van der Waals surface area contributed by atoms with Crippen LogP contribution in [0.4, 0.5) is 0 Å². The van der Waals surface area contributed by atoms with Gasteiger partial charge in [-0.2, -0.15) is 5.10 Å². The lowest BCUT2D eigenvalue weighted by Gasteiger charge is -2.38. The van der Waals surface area contributed by atoms with E-state index in [0.29, 0.717) is 11.9 Å². The Bertz CT molecular complexity index is 661. The molecule has 24 heavy (non-hydrogen) atoms. The summed E-state index contributed by atoms with van der Waals surface area (Å²) in [4.78, 5) is 16.9. The molecule has 0 radical (unpaired) electrons. The minimum Gasteiger partial charge on any atom is -0.339 e. The predicted molar refractivity (Wildman–Crippen MR) is 95.9 cm³/mol. The normalized spacial score (nSPS) is 22.5. The van der Waals surface area contributed by atoms with E-state index >= 15 is 0 Å². The minimum atomic E-state index is -0.176. The molecule has 2 aromatic heterocycles. The lowest BCUT2D eigenvalue weighted by atomic mass is 9.94. The molecule has 3 heterocycles. The lowest BCUT2D eigenvalue weighted by molar-refractivity contribution is -0.141. The Morgan fingerprint density at radius 3 is 2.96 bits per heavy atom. The van der Waals surface area contributed by atoms with Gasteiger partial charge in [0.15, 0.2) is 0 Å². The van der Waals surface area contributed by atoms with E-state index < -0.39 is 0 Å². The van der Waals surface area contributed by atoms with Crippen LogP contribution < -0.4 is 0 Å². The molecule has 0 N–H and O–H groups in total. The van der Waals surface area contributed by atoms with Crippen molar-refractivity contribution >= 4 is 17.2 Å². The number of hydrogen-bond acceptors (Lipinski definition) is 3. The van der Waals surface area contributed by atoms with Gasteiger partial charge >= 0.3 is 0 Å². The zero-order chi connectivity index (χ0) is 16.4. The molecule has 1 saturated heterocycles. The Morgan fingerprint density at radius 2 is 2.25 bits per heavy atom. The molecule has 2 fully saturated rings. The van der Waals surface area contributed by atoms with Gasteiger partial charge in [-0.15, -0.1) is 11.3 Å². The van der Waals surface area contributed by atoms with Gasteiger partial charge in [0.05, 0.1) is 12.0 Å². The molecule has 2 aromatic rings. The smallest absolute Gasteiger partial charge is 0.230 e. The summed E-state index contributed by atoms with van der Waals surface area (Å²) in [6.07, 6.45) is 11.6. The molecule has 2 aliphatic rings. The third-order valence-electron chi connectivity index (χ3n) is 5.52. The summed E-state index contributed by atoms with van der Waals surface area (Å²) in [5.41, 5.74) is -0.176. The molecule has 1 aliphatic carbocycles. The number of thiophene rings is 1. The summed E-state index contributed by atoms with van der Waals surface area (Å²) in [6.45, 7) is 1.68. The van der Waals surface area contributed by atoms with Crippen LogP contribution >= 0.6 is 11.3 Å². The number of hydrogen-bond donors (Lipinski definition) is 0. The average molecular weight is 343 g/mol. The molecule has 5 heteroatoms. The van der Waals surface area contributed by atoms with Crippen molar-refractivity contribution in [2.75, 3.05) is 6.54 Å². The topological polar surface area (TPSA) is 38.1 Å². The first-order chi connectivity index (χ1) is 11.8. The molecule has 4 rings (SSSR count). The molecular formula is C19H25N3OS. The number of piperidine rings is 1. The molecular weight excluding hydrogens is 318 g/mol. The Balaban J connectivity index is 1.43. The number of aryl methyl sites for hydroxylation is 1. The van der Waals surface area contributed by atoms with Crippen molar-refractivity contribution in [2.45, 2.75) is 57.5 Å². The van der Waals surface area contributed by atoms with Gasteiger partial charge in [-0.1, -0.05) is 6.07 Å². The van der Waals surface area contributed by atoms with Crippen LogP contribution in [0.1, 0.15) is 43.4 Å². The van der Waals surface area contributed by atoms with E-state index in [4.69, 9.17) is 0 Å². The summed E-state index contributed by atoms with van der Waals surface area (Å²) in [5, 5.41) is 6.45. The van der Waals surface area contributed by atoms with Crippen molar-refractivity contribution in [3.8, 4) is 0 Å². The quantitative estimate of drug-likeness (QED) is 0.801. The maximum absolute atomic E-state index is 13.3. The molecule has 1 amide bonds. The fourth-order valence-electron chi connectivity index (χ4n) is 3.93. The maximum Gasteiger partial charge on any atom is 0.230 e. The summed E-state index contributed by atoms with van der Waals surface area (Å²) in [5.74, 6) is 0.383. The largest absolute Gasteiger partial charge is 0.339 e. The van der Waals surface area contributed by atoms with Crippen molar-refractivity contribution in [1.29, 1.82) is 0 Å². The molecule has 0 spiro atoms. The fourth-order valence-corrected chi connectivity index (χ4v) is 4.66. The zero-order valence-electron chi connectivity index (χ0n) is 14.1. The van der Waals surface area contributed by atoms with Gasteiger partial charge < -0.3 is 4.90 Å². The second-order valence-corrected chi connectivity index (χ2v) is 8.28. The first-order valence-electron chi connectivity index (χ1n) is 9.08. The Morgan fingerprint density at radius 1 is 1.33 bits per heavy atom. The number of carbonyl (C=O) groups is 1. The second-order valence-electron chi connectivity index (χ2n) is 7.25. The molecule has 1 atom stereocenters. The third-order valence-corrected chi connectivity index (χ3v) is 6.46. The Labute approximate surface area is 147 Å². The van der Waals surface area contributed by atoms with Crippen LogP contribution in [0, 0.1) is 5.41 Å². The average Bonchev–Trinajstić information content (AvgIpc) is 3.02. The number of nitrogens with zero attached hydrogens (tertiary/aromatic N) is 3. The van der Waals surface area contributed by atoms with Crippen LogP contribution in [0.5, 0.6) is 0 Å². The summed E-state index contributed by atoms with van der Waals surface area (Å²) >= 11 is 1.83. The summed E-state index contributed by atoms with van der Waals surface area (Å²) in [6, 6.07) is 6.68. The number of rotatable bonds is 6. The van der Waals surface area contributed by atoms with E-state index in [-0.39, 0.29) is 5.41 Å². The van der Waals surface area contributed by atoms with E-state index in [1.807, 2.05) is 28.3 Å². The van der Waals surface area contributed by atoms with E-state index in [1.165, 1.54) is 11.3 Å². The van der Waals surface area contributed by atoms with E-state index in [2.05, 4.69) is 27.5 Å². The molecule has 0 unspecified atom stereocenters. The van der Waals surface area contributed by atoms with E-state index in [1.54, 1.807) is 6.20 Å². The Kier molecular flexibility index (Phi) is 4.44. The van der Waals surface area contributed by atoms with Gasteiger partial charge in [-0.3, -0.25) is 9.48 Å². The van der Waals surface area contributed by atoms with Gasteiger partial charge in [0.25, 0.3) is 0 Å². The monoisotopic (exact) mass is 343 g/mol. The number of amides is 1. The fraction of sp³-hybridized carbons (Fsp3) is 0.579. The van der Waals surface area contributed by atoms with Crippen molar-refractivity contribution in [3.63, 3.8) is 0 Å². The van der Waals surface area contributed by atoms with Crippen LogP contribution in [0.2, 0.25) is 0 Å². The van der Waals surface area contributed by atoms with Crippen LogP contribution in [0.15, 0.2) is 36.0 Å². The highest BCUT2D eigenvalue weighted by Gasteiger charge is 2.53. The summed E-state index contributed by atoms with van der Waals surface area (Å²) < 4.78 is 1.93. The first kappa shape index (κ1) is 15.9. The highest BCUT2D eigenvalue weighted by molar-refractivity contribution is 7.09. The lowest BCUT2D eigenvalue weighted by Crippen LogP contribution is -2.48. The first-order valence-corrected chi connectivity index (χ1v) is 9.96. The highest BCUT2D eigenvalue weighted by Crippen LogP contribution is 2.49. The number of aromatic nitrogens is 2. The number of carbonyl (C=O) groups excluding carboxylic acids is 1. The highest BCUT2D eigenvalue weighted by atomic mass is 32.1. The van der Waals surface area contributed by atoms with Gasteiger partial charge in [-0.25, -0.2) is 0 Å². The van der Waals surface area contributed by atoms with Crippen molar-refractivity contribution in [2.24, 2.45) is 5.41 Å². The molecule has 128 valence electrons. The molecule has 1 saturated carbocycles. The standard InChI is InChI=1S/C19H25N3OS/c23-18(19(9-10-19)15-21-12-4-11-20-21)22-13-2-1-5-16(22)7-8-17-6-3-14-24-17/h3-4,6,11-12,14,16H,1-2,5,7-10,13,15H2/t16-/m0/s1. The van der Waals surface area contributed by atoms with Crippen LogP contribution in [-0.2, 0) is 17.8 Å². The van der Waals surface area contributed by atoms with Crippen molar-refractivity contribution in [3.05, 3.63) is 40.8 Å². The van der Waals surface area contributed by atoms with E-state index in [0.717, 1.165) is 51.6 Å². The minimum absolute atomic E-state index is 0.176. The van der Waals surface area contributed by atoms with E-state index in [9.17, 15) is 4.79 Å². The third kappa shape index (κ3) is 3.27. The van der Waals surface area contributed by atoms with Gasteiger partial charge in [0, 0.05) is 29.9 Å². The molecule has 1 aliphatic heterocycles. The zero-order valence-corrected chi connectivity index (χ0v) is 14.9.